The van der Waals surface area contributed by atoms with Gasteiger partial charge in [-0.1, -0.05) is 22.9 Å². The van der Waals surface area contributed by atoms with Crippen molar-refractivity contribution in [3.63, 3.8) is 0 Å². The number of pyridine rings is 1. The summed E-state index contributed by atoms with van der Waals surface area (Å²) in [5, 5.41) is 2.69. The summed E-state index contributed by atoms with van der Waals surface area (Å²) in [6.07, 6.45) is 2.08. The Bertz CT molecular complexity index is 1110. The highest BCUT2D eigenvalue weighted by molar-refractivity contribution is 9.10. The van der Waals surface area contributed by atoms with Crippen molar-refractivity contribution in [2.45, 2.75) is 70.8 Å². The van der Waals surface area contributed by atoms with Crippen LogP contribution >= 0.6 is 15.9 Å². The van der Waals surface area contributed by atoms with Gasteiger partial charge in [-0.05, 0) is 56.9 Å². The SMILES string of the molecule is CCCOC1CCCC(NC(=O)c2nccc(OC)c2OC(C)=O)C(=O)OC(C)C1Oc1ccc(Br)cc1. The van der Waals surface area contributed by atoms with Gasteiger partial charge in [-0.2, -0.15) is 0 Å². The van der Waals surface area contributed by atoms with Crippen molar-refractivity contribution in [2.75, 3.05) is 13.7 Å². The van der Waals surface area contributed by atoms with Gasteiger partial charge in [-0.25, -0.2) is 9.78 Å². The molecule has 1 amide bonds. The first-order chi connectivity index (χ1) is 18.2. The molecule has 1 aliphatic heterocycles. The van der Waals surface area contributed by atoms with Crippen LogP contribution in [0, 0.1) is 0 Å². The molecule has 1 aliphatic rings. The molecule has 0 spiro atoms. The highest BCUT2D eigenvalue weighted by Crippen LogP contribution is 2.30. The Morgan fingerprint density at radius 1 is 1.18 bits per heavy atom. The number of amides is 1. The predicted octanol–water partition coefficient (Wildman–Crippen LogP) is 4.23. The van der Waals surface area contributed by atoms with Gasteiger partial charge in [0, 0.05) is 30.3 Å². The predicted molar refractivity (Wildman–Crippen MR) is 141 cm³/mol. The molecule has 4 unspecified atom stereocenters. The summed E-state index contributed by atoms with van der Waals surface area (Å²) in [6, 6.07) is 7.89. The molecule has 2 heterocycles. The maximum atomic E-state index is 13.2. The van der Waals surface area contributed by atoms with E-state index in [1.165, 1.54) is 26.3 Å². The molecule has 206 valence electrons. The molecule has 1 N–H and O–H groups in total. The number of rotatable bonds is 9. The Labute approximate surface area is 230 Å². The molecule has 4 atom stereocenters. The highest BCUT2D eigenvalue weighted by atomic mass is 79.9. The normalized spacial score (nSPS) is 21.8. The number of hydrogen-bond acceptors (Lipinski definition) is 9. The first-order valence-electron chi connectivity index (χ1n) is 12.5. The maximum Gasteiger partial charge on any atom is 0.329 e. The Balaban J connectivity index is 1.81. The first-order valence-corrected chi connectivity index (χ1v) is 13.3. The smallest absolute Gasteiger partial charge is 0.329 e. The number of nitrogens with zero attached hydrogens (tertiary/aromatic N) is 1. The van der Waals surface area contributed by atoms with E-state index in [-0.39, 0.29) is 23.3 Å². The van der Waals surface area contributed by atoms with Gasteiger partial charge in [0.2, 0.25) is 5.75 Å². The van der Waals surface area contributed by atoms with Gasteiger partial charge in [0.25, 0.3) is 5.91 Å². The van der Waals surface area contributed by atoms with Gasteiger partial charge in [-0.15, -0.1) is 0 Å². The number of halogens is 1. The molecule has 11 heteroatoms. The van der Waals surface area contributed by atoms with E-state index in [1.807, 2.05) is 31.2 Å². The maximum absolute atomic E-state index is 13.2. The van der Waals surface area contributed by atoms with E-state index in [4.69, 9.17) is 23.7 Å². The van der Waals surface area contributed by atoms with Gasteiger partial charge in [0.1, 0.15) is 17.9 Å². The average molecular weight is 593 g/mol. The number of ether oxygens (including phenoxy) is 5. The molecule has 3 rings (SSSR count). The number of cyclic esters (lactones) is 1. The number of aromatic nitrogens is 1. The minimum atomic E-state index is -0.957. The Hall–Kier alpha value is -3.18. The van der Waals surface area contributed by atoms with E-state index < -0.39 is 36.1 Å². The topological polar surface area (TPSA) is 122 Å². The molecule has 38 heavy (non-hydrogen) atoms. The monoisotopic (exact) mass is 592 g/mol. The fourth-order valence-corrected chi connectivity index (χ4v) is 4.35. The summed E-state index contributed by atoms with van der Waals surface area (Å²) in [4.78, 5) is 42.0. The molecule has 0 bridgehead atoms. The second kappa shape index (κ2) is 14.1. The average Bonchev–Trinajstić information content (AvgIpc) is 2.93. The van der Waals surface area contributed by atoms with Crippen molar-refractivity contribution in [3.05, 3.63) is 46.7 Å². The van der Waals surface area contributed by atoms with E-state index in [9.17, 15) is 14.4 Å². The third-order valence-electron chi connectivity index (χ3n) is 5.87. The first kappa shape index (κ1) is 29.4. The van der Waals surface area contributed by atoms with Crippen LogP contribution in [0.1, 0.15) is 56.9 Å². The summed E-state index contributed by atoms with van der Waals surface area (Å²) in [6.45, 7) is 5.50. The van der Waals surface area contributed by atoms with E-state index in [1.54, 1.807) is 6.92 Å². The lowest BCUT2D eigenvalue weighted by Gasteiger charge is -2.31. The minimum Gasteiger partial charge on any atom is -0.493 e. The van der Waals surface area contributed by atoms with E-state index in [0.29, 0.717) is 31.6 Å². The van der Waals surface area contributed by atoms with Crippen LogP contribution in [-0.2, 0) is 19.1 Å². The summed E-state index contributed by atoms with van der Waals surface area (Å²) < 4.78 is 29.4. The molecule has 1 aromatic carbocycles. The van der Waals surface area contributed by atoms with Crippen LogP contribution in [0.2, 0.25) is 0 Å². The number of nitrogens with one attached hydrogen (secondary N) is 1. The third-order valence-corrected chi connectivity index (χ3v) is 6.40. The number of carbonyl (C=O) groups excluding carboxylic acids is 3. The second-order valence-electron chi connectivity index (χ2n) is 8.83. The number of carbonyl (C=O) groups is 3. The lowest BCUT2D eigenvalue weighted by Crippen LogP contribution is -2.46. The third kappa shape index (κ3) is 7.91. The van der Waals surface area contributed by atoms with Crippen molar-refractivity contribution >= 4 is 33.8 Å². The fraction of sp³-hybridized carbons (Fsp3) is 0.481. The standard InChI is InChI=1S/C27H33BrN2O8/c1-5-15-35-22-8-6-7-20(27(33)36-16(2)24(22)38-19-11-9-18(28)10-12-19)30-26(32)23-25(37-17(3)31)21(34-4)13-14-29-23/h9-14,16,20,22,24H,5-8,15H2,1-4H3,(H,30,32). The molecule has 1 fully saturated rings. The summed E-state index contributed by atoms with van der Waals surface area (Å²) in [7, 11) is 1.38. The second-order valence-corrected chi connectivity index (χ2v) is 9.74. The summed E-state index contributed by atoms with van der Waals surface area (Å²) in [5.41, 5.74) is -0.180. The largest absolute Gasteiger partial charge is 0.493 e. The fourth-order valence-electron chi connectivity index (χ4n) is 4.08. The molecule has 1 aromatic heterocycles. The van der Waals surface area contributed by atoms with Crippen LogP contribution in [0.5, 0.6) is 17.2 Å². The van der Waals surface area contributed by atoms with Crippen LogP contribution in [0.15, 0.2) is 41.0 Å². The quantitative estimate of drug-likeness (QED) is 0.426. The summed E-state index contributed by atoms with van der Waals surface area (Å²) in [5.74, 6) is -1.29. The van der Waals surface area contributed by atoms with Crippen molar-refractivity contribution < 1.29 is 38.1 Å². The summed E-state index contributed by atoms with van der Waals surface area (Å²) >= 11 is 3.42. The van der Waals surface area contributed by atoms with Crippen LogP contribution in [0.25, 0.3) is 0 Å². The van der Waals surface area contributed by atoms with Crippen molar-refractivity contribution in [1.29, 1.82) is 0 Å². The number of hydrogen-bond donors (Lipinski definition) is 1. The van der Waals surface area contributed by atoms with Crippen LogP contribution in [0.3, 0.4) is 0 Å². The zero-order valence-electron chi connectivity index (χ0n) is 21.9. The lowest BCUT2D eigenvalue weighted by atomic mass is 10.0. The van der Waals surface area contributed by atoms with Crippen LogP contribution in [-0.4, -0.2) is 60.9 Å². The Kier molecular flexibility index (Phi) is 10.9. The van der Waals surface area contributed by atoms with Crippen LogP contribution in [0.4, 0.5) is 0 Å². The molecular weight excluding hydrogens is 560 g/mol. The van der Waals surface area contributed by atoms with Gasteiger partial charge in [0.15, 0.2) is 17.5 Å². The lowest BCUT2D eigenvalue weighted by molar-refractivity contribution is -0.159. The number of methoxy groups -OCH3 is 1. The number of benzene rings is 1. The highest BCUT2D eigenvalue weighted by Gasteiger charge is 2.37. The van der Waals surface area contributed by atoms with E-state index in [0.717, 1.165) is 10.9 Å². The van der Waals surface area contributed by atoms with E-state index in [2.05, 4.69) is 26.2 Å². The zero-order chi connectivity index (χ0) is 27.7. The molecule has 2 aromatic rings. The number of esters is 2. The van der Waals surface area contributed by atoms with Gasteiger partial charge in [0.05, 0.1) is 13.2 Å². The molecule has 0 saturated carbocycles. The Morgan fingerprint density at radius 2 is 1.92 bits per heavy atom. The van der Waals surface area contributed by atoms with Crippen molar-refractivity contribution in [1.82, 2.24) is 10.3 Å². The van der Waals surface area contributed by atoms with Gasteiger partial charge >= 0.3 is 11.9 Å². The van der Waals surface area contributed by atoms with Crippen molar-refractivity contribution in [3.8, 4) is 17.2 Å². The van der Waals surface area contributed by atoms with Crippen molar-refractivity contribution in [2.24, 2.45) is 0 Å². The molecule has 10 nitrogen and oxygen atoms in total. The van der Waals surface area contributed by atoms with Crippen LogP contribution < -0.4 is 19.5 Å². The molecular formula is C27H33BrN2O8. The van der Waals surface area contributed by atoms with E-state index >= 15 is 0 Å². The Morgan fingerprint density at radius 3 is 2.58 bits per heavy atom. The molecule has 0 radical (unpaired) electrons. The molecule has 1 saturated heterocycles. The minimum absolute atomic E-state index is 0.124. The van der Waals surface area contributed by atoms with Gasteiger partial charge < -0.3 is 29.0 Å². The zero-order valence-corrected chi connectivity index (χ0v) is 23.5. The van der Waals surface area contributed by atoms with Gasteiger partial charge in [-0.3, -0.25) is 9.59 Å². The molecule has 0 aliphatic carbocycles.